The molecule has 4 nitrogen and oxygen atoms in total. The lowest BCUT2D eigenvalue weighted by atomic mass is 10.0. The molecule has 1 rings (SSSR count). The van der Waals surface area contributed by atoms with Crippen LogP contribution in [0.15, 0.2) is 0 Å². The lowest BCUT2D eigenvalue weighted by Crippen LogP contribution is -2.47. The summed E-state index contributed by atoms with van der Waals surface area (Å²) in [5.41, 5.74) is 0. The first-order valence-corrected chi connectivity index (χ1v) is 6.43. The molecule has 4 heteroatoms. The van der Waals surface area contributed by atoms with Crippen molar-refractivity contribution in [1.29, 1.82) is 0 Å². The first-order chi connectivity index (χ1) is 7.84. The number of nitrogens with one attached hydrogen (secondary N) is 2. The molecule has 0 spiro atoms. The highest BCUT2D eigenvalue weighted by molar-refractivity contribution is 5.81. The van der Waals surface area contributed by atoms with E-state index in [9.17, 15) is 4.79 Å². The van der Waals surface area contributed by atoms with Crippen LogP contribution in [0.3, 0.4) is 0 Å². The van der Waals surface area contributed by atoms with Crippen LogP contribution in [0.4, 0.5) is 0 Å². The Balaban J connectivity index is 1.97. The molecule has 2 N–H and O–H groups in total. The molecule has 0 bridgehead atoms. The smallest absolute Gasteiger partial charge is 0.237 e. The van der Waals surface area contributed by atoms with E-state index in [2.05, 4.69) is 17.6 Å². The maximum atomic E-state index is 11.7. The predicted molar refractivity (Wildman–Crippen MR) is 64.4 cm³/mol. The van der Waals surface area contributed by atoms with Gasteiger partial charge >= 0.3 is 0 Å². The maximum absolute atomic E-state index is 11.7. The van der Waals surface area contributed by atoms with Crippen LogP contribution in [0.5, 0.6) is 0 Å². The van der Waals surface area contributed by atoms with Gasteiger partial charge in [-0.1, -0.05) is 19.8 Å². The maximum Gasteiger partial charge on any atom is 0.237 e. The molecule has 1 saturated heterocycles. The molecule has 0 aromatic rings. The van der Waals surface area contributed by atoms with Gasteiger partial charge in [-0.15, -0.1) is 0 Å². The minimum Gasteiger partial charge on any atom is -0.380 e. The van der Waals surface area contributed by atoms with Crippen LogP contribution < -0.4 is 10.6 Å². The molecule has 0 saturated carbocycles. The summed E-state index contributed by atoms with van der Waals surface area (Å²) in [7, 11) is 0. The number of carbonyl (C=O) groups excluding carboxylic acids is 1. The first kappa shape index (κ1) is 13.5. The van der Waals surface area contributed by atoms with Crippen LogP contribution in [-0.2, 0) is 9.53 Å². The summed E-state index contributed by atoms with van der Waals surface area (Å²) in [6.07, 6.45) is 5.54. The number of ether oxygens (including phenoxy) is 1. The van der Waals surface area contributed by atoms with Crippen molar-refractivity contribution in [3.63, 3.8) is 0 Å². The van der Waals surface area contributed by atoms with Gasteiger partial charge in [-0.05, 0) is 25.8 Å². The predicted octanol–water partition coefficient (Wildman–Crippen LogP) is 1.06. The Morgan fingerprint density at radius 2 is 2.31 bits per heavy atom. The van der Waals surface area contributed by atoms with Gasteiger partial charge in [0.1, 0.15) is 0 Å². The third-order valence-electron chi connectivity index (χ3n) is 2.81. The second-order valence-electron chi connectivity index (χ2n) is 4.26. The lowest BCUT2D eigenvalue weighted by Gasteiger charge is -2.22. The summed E-state index contributed by atoms with van der Waals surface area (Å²) in [5.74, 6) is 0.124. The van der Waals surface area contributed by atoms with Crippen LogP contribution in [-0.4, -0.2) is 38.3 Å². The summed E-state index contributed by atoms with van der Waals surface area (Å²) < 4.78 is 5.38. The monoisotopic (exact) mass is 228 g/mol. The molecular weight excluding hydrogens is 204 g/mol. The minimum absolute atomic E-state index is 0.0180. The molecule has 1 amide bonds. The Hall–Kier alpha value is -0.610. The minimum atomic E-state index is 0.0180. The van der Waals surface area contributed by atoms with E-state index < -0.39 is 0 Å². The average Bonchev–Trinajstić information content (AvgIpc) is 2.34. The Bertz CT molecular complexity index is 191. The molecule has 1 aliphatic heterocycles. The number of hydrogen-bond donors (Lipinski definition) is 2. The Labute approximate surface area is 98.1 Å². The van der Waals surface area contributed by atoms with E-state index in [0.717, 1.165) is 38.8 Å². The molecule has 1 atom stereocenters. The highest BCUT2D eigenvalue weighted by Gasteiger charge is 2.19. The van der Waals surface area contributed by atoms with Gasteiger partial charge in [0, 0.05) is 13.2 Å². The summed E-state index contributed by atoms with van der Waals surface area (Å²) in [4.78, 5) is 11.7. The molecule has 94 valence electrons. The van der Waals surface area contributed by atoms with Crippen molar-refractivity contribution in [3.05, 3.63) is 0 Å². The SMILES string of the molecule is CCCCOCCNC(=O)[C@H]1CCCCN1. The van der Waals surface area contributed by atoms with Crippen LogP contribution in [0, 0.1) is 0 Å². The van der Waals surface area contributed by atoms with E-state index >= 15 is 0 Å². The highest BCUT2D eigenvalue weighted by Crippen LogP contribution is 2.06. The molecule has 0 aromatic heterocycles. The lowest BCUT2D eigenvalue weighted by molar-refractivity contribution is -0.123. The second-order valence-corrected chi connectivity index (χ2v) is 4.26. The van der Waals surface area contributed by atoms with Gasteiger partial charge in [-0.2, -0.15) is 0 Å². The van der Waals surface area contributed by atoms with Crippen molar-refractivity contribution in [2.45, 2.75) is 45.1 Å². The van der Waals surface area contributed by atoms with E-state index in [1.165, 1.54) is 6.42 Å². The molecule has 0 aliphatic carbocycles. The van der Waals surface area contributed by atoms with E-state index in [-0.39, 0.29) is 11.9 Å². The largest absolute Gasteiger partial charge is 0.380 e. The number of amides is 1. The normalized spacial score (nSPS) is 20.7. The number of piperidine rings is 1. The van der Waals surface area contributed by atoms with Crippen LogP contribution in [0.1, 0.15) is 39.0 Å². The van der Waals surface area contributed by atoms with Crippen molar-refractivity contribution in [2.24, 2.45) is 0 Å². The Morgan fingerprint density at radius 3 is 3.00 bits per heavy atom. The molecular formula is C12H24N2O2. The highest BCUT2D eigenvalue weighted by atomic mass is 16.5. The zero-order chi connectivity index (χ0) is 11.6. The van der Waals surface area contributed by atoms with Crippen molar-refractivity contribution in [1.82, 2.24) is 10.6 Å². The second kappa shape index (κ2) is 8.53. The van der Waals surface area contributed by atoms with Crippen LogP contribution >= 0.6 is 0 Å². The van der Waals surface area contributed by atoms with Crippen LogP contribution in [0.25, 0.3) is 0 Å². The molecule has 16 heavy (non-hydrogen) atoms. The van der Waals surface area contributed by atoms with Crippen LogP contribution in [0.2, 0.25) is 0 Å². The third-order valence-corrected chi connectivity index (χ3v) is 2.81. The Kier molecular flexibility index (Phi) is 7.17. The zero-order valence-corrected chi connectivity index (χ0v) is 10.3. The standard InChI is InChI=1S/C12H24N2O2/c1-2-3-9-16-10-8-14-12(15)11-6-4-5-7-13-11/h11,13H,2-10H2,1H3,(H,14,15)/t11-/m1/s1. The van der Waals surface area contributed by atoms with E-state index in [1.54, 1.807) is 0 Å². The summed E-state index contributed by atoms with van der Waals surface area (Å²) in [6, 6.07) is 0.0180. The first-order valence-electron chi connectivity index (χ1n) is 6.43. The summed E-state index contributed by atoms with van der Waals surface area (Å²) >= 11 is 0. The van der Waals surface area contributed by atoms with Gasteiger partial charge < -0.3 is 15.4 Å². The molecule has 0 radical (unpaired) electrons. The fraction of sp³-hybridized carbons (Fsp3) is 0.917. The van der Waals surface area contributed by atoms with E-state index in [0.29, 0.717) is 13.2 Å². The van der Waals surface area contributed by atoms with Crippen molar-refractivity contribution in [3.8, 4) is 0 Å². The zero-order valence-electron chi connectivity index (χ0n) is 10.3. The fourth-order valence-electron chi connectivity index (χ4n) is 1.79. The molecule has 0 aromatic carbocycles. The number of rotatable bonds is 7. The Morgan fingerprint density at radius 1 is 1.44 bits per heavy atom. The molecule has 1 fully saturated rings. The number of unbranched alkanes of at least 4 members (excludes halogenated alkanes) is 1. The van der Waals surface area contributed by atoms with Gasteiger partial charge in [0.25, 0.3) is 0 Å². The molecule has 0 unspecified atom stereocenters. The van der Waals surface area contributed by atoms with Gasteiger partial charge in [0.2, 0.25) is 5.91 Å². The molecule has 1 aliphatic rings. The average molecular weight is 228 g/mol. The van der Waals surface area contributed by atoms with Crippen molar-refractivity contribution in [2.75, 3.05) is 26.3 Å². The topological polar surface area (TPSA) is 50.4 Å². The van der Waals surface area contributed by atoms with E-state index in [4.69, 9.17) is 4.74 Å². The number of carbonyl (C=O) groups is 1. The number of hydrogen-bond acceptors (Lipinski definition) is 3. The summed E-state index contributed by atoms with van der Waals surface area (Å²) in [5, 5.41) is 6.13. The van der Waals surface area contributed by atoms with Crippen molar-refractivity contribution < 1.29 is 9.53 Å². The van der Waals surface area contributed by atoms with Gasteiger partial charge in [0.05, 0.1) is 12.6 Å². The third kappa shape index (κ3) is 5.47. The van der Waals surface area contributed by atoms with Gasteiger partial charge in [-0.25, -0.2) is 0 Å². The van der Waals surface area contributed by atoms with Gasteiger partial charge in [0.15, 0.2) is 0 Å². The van der Waals surface area contributed by atoms with Crippen molar-refractivity contribution >= 4 is 5.91 Å². The van der Waals surface area contributed by atoms with Gasteiger partial charge in [-0.3, -0.25) is 4.79 Å². The molecule has 1 heterocycles. The quantitative estimate of drug-likeness (QED) is 0.641. The van der Waals surface area contributed by atoms with E-state index in [1.807, 2.05) is 0 Å². The fourth-order valence-corrected chi connectivity index (χ4v) is 1.79. The summed E-state index contributed by atoms with van der Waals surface area (Å²) in [6.45, 7) is 5.15.